The van der Waals surface area contributed by atoms with Crippen LogP contribution in [0.2, 0.25) is 0 Å². The standard InChI is InChI=1S/C27H19FN.C13H24O2.Ir/c1-17-14-18(2)16-20(15-17)27-23-8-9-24-25(28)11-10-21(19-6-4-3-5-7-19)26(24)22(23)12-13-29-27;1-7-12(3,4)10(14)9-11(15)13(5,6)8-2;/h3-15H,1-2H3;9,14H,7-8H2,1-6H3;/q-1;;/b;10-9-;. The van der Waals surface area contributed by atoms with Gasteiger partial charge >= 0.3 is 0 Å². The molecule has 5 aromatic rings. The van der Waals surface area contributed by atoms with Crippen molar-refractivity contribution in [2.75, 3.05) is 0 Å². The van der Waals surface area contributed by atoms with Crippen LogP contribution in [0.25, 0.3) is 43.9 Å². The molecular formula is C40H43FIrNO2-. The Labute approximate surface area is 281 Å². The maximum atomic E-state index is 14.7. The van der Waals surface area contributed by atoms with E-state index in [2.05, 4.69) is 42.2 Å². The molecule has 4 aromatic carbocycles. The van der Waals surface area contributed by atoms with Gasteiger partial charge in [0.15, 0.2) is 5.78 Å². The third-order valence-electron chi connectivity index (χ3n) is 8.75. The van der Waals surface area contributed by atoms with Crippen molar-refractivity contribution in [3.63, 3.8) is 0 Å². The molecule has 0 saturated carbocycles. The molecule has 1 N–H and O–H groups in total. The van der Waals surface area contributed by atoms with Crippen LogP contribution in [-0.2, 0) is 24.9 Å². The molecule has 0 aliphatic carbocycles. The fourth-order valence-electron chi connectivity index (χ4n) is 5.04. The average molecular weight is 781 g/mol. The second-order valence-corrected chi connectivity index (χ2v) is 12.8. The number of allylic oxidation sites excluding steroid dienone is 2. The molecule has 0 fully saturated rings. The second kappa shape index (κ2) is 14.6. The number of pyridine rings is 1. The molecule has 0 atom stereocenters. The molecule has 0 saturated heterocycles. The van der Waals surface area contributed by atoms with Gasteiger partial charge in [0.05, 0.1) is 0 Å². The van der Waals surface area contributed by atoms with Crippen molar-refractivity contribution >= 4 is 27.3 Å². The van der Waals surface area contributed by atoms with E-state index in [4.69, 9.17) is 0 Å². The maximum Gasteiger partial charge on any atom is 0.164 e. The third-order valence-corrected chi connectivity index (χ3v) is 8.75. The molecule has 1 aromatic heterocycles. The summed E-state index contributed by atoms with van der Waals surface area (Å²) >= 11 is 0. The molecule has 0 amide bonds. The zero-order valence-corrected chi connectivity index (χ0v) is 29.9. The number of aliphatic hydroxyl groups excluding tert-OH is 1. The molecule has 0 spiro atoms. The first kappa shape index (κ1) is 35.8. The largest absolute Gasteiger partial charge is 0.512 e. The molecule has 5 heteroatoms. The summed E-state index contributed by atoms with van der Waals surface area (Å²) in [7, 11) is 0. The van der Waals surface area contributed by atoms with Crippen molar-refractivity contribution in [1.29, 1.82) is 0 Å². The normalized spacial score (nSPS) is 12.0. The first-order valence-corrected chi connectivity index (χ1v) is 15.3. The zero-order valence-electron chi connectivity index (χ0n) is 27.5. The van der Waals surface area contributed by atoms with E-state index in [0.29, 0.717) is 5.39 Å². The van der Waals surface area contributed by atoms with Crippen LogP contribution < -0.4 is 0 Å². The number of rotatable bonds is 7. The molecule has 237 valence electrons. The van der Waals surface area contributed by atoms with E-state index >= 15 is 0 Å². The van der Waals surface area contributed by atoms with Gasteiger partial charge in [0.25, 0.3) is 0 Å². The minimum absolute atomic E-state index is 0. The summed E-state index contributed by atoms with van der Waals surface area (Å²) in [5, 5.41) is 13.4. The summed E-state index contributed by atoms with van der Waals surface area (Å²) in [5.74, 6) is -0.0153. The summed E-state index contributed by atoms with van der Waals surface area (Å²) in [5.41, 5.74) is 5.50. The molecule has 1 radical (unpaired) electrons. The van der Waals surface area contributed by atoms with E-state index < -0.39 is 0 Å². The fraction of sp³-hybridized carbons (Fsp3) is 0.300. The number of aliphatic hydroxyl groups is 1. The second-order valence-electron chi connectivity index (χ2n) is 12.8. The Hall–Kier alpha value is -3.66. The fourth-order valence-corrected chi connectivity index (χ4v) is 5.04. The van der Waals surface area contributed by atoms with Crippen molar-refractivity contribution in [3.05, 3.63) is 114 Å². The van der Waals surface area contributed by atoms with Gasteiger partial charge in [-0.2, -0.15) is 0 Å². The smallest absolute Gasteiger partial charge is 0.164 e. The number of fused-ring (bicyclic) bond motifs is 3. The number of hydrogen-bond donors (Lipinski definition) is 1. The van der Waals surface area contributed by atoms with Gasteiger partial charge in [-0.05, 0) is 58.0 Å². The molecule has 3 nitrogen and oxygen atoms in total. The summed E-state index contributed by atoms with van der Waals surface area (Å²) < 4.78 is 14.7. The van der Waals surface area contributed by atoms with Gasteiger partial charge in [0.2, 0.25) is 0 Å². The topological polar surface area (TPSA) is 50.2 Å². The van der Waals surface area contributed by atoms with Crippen molar-refractivity contribution in [2.45, 2.75) is 68.2 Å². The van der Waals surface area contributed by atoms with Gasteiger partial charge < -0.3 is 10.1 Å². The van der Waals surface area contributed by atoms with Crippen LogP contribution >= 0.6 is 0 Å². The van der Waals surface area contributed by atoms with E-state index in [-0.39, 0.29) is 48.3 Å². The van der Waals surface area contributed by atoms with Gasteiger partial charge in [-0.3, -0.25) is 4.79 Å². The number of ketones is 1. The molecular weight excluding hydrogens is 738 g/mol. The Morgan fingerprint density at radius 2 is 1.51 bits per heavy atom. The summed E-state index contributed by atoms with van der Waals surface area (Å²) in [6.45, 7) is 15.8. The van der Waals surface area contributed by atoms with Crippen molar-refractivity contribution in [1.82, 2.24) is 4.98 Å². The molecule has 0 aliphatic heterocycles. The molecule has 0 bridgehead atoms. The molecule has 0 unspecified atom stereocenters. The van der Waals surface area contributed by atoms with Gasteiger partial charge in [-0.25, -0.2) is 4.39 Å². The quantitative estimate of drug-likeness (QED) is 0.0774. The molecule has 5 rings (SSSR count). The SMILES string of the molecule is CCC(C)(C)C(=O)/C=C(\O)C(C)(C)CC.Cc1[c-]c(-c2nccc3c2ccc2c(F)ccc(-c4ccccc4)c23)cc(C)c1.[Ir]. The Balaban J connectivity index is 0.000000297. The van der Waals surface area contributed by atoms with Crippen molar-refractivity contribution in [2.24, 2.45) is 10.8 Å². The summed E-state index contributed by atoms with van der Waals surface area (Å²) in [6.07, 6.45) is 4.80. The number of aromatic nitrogens is 1. The van der Waals surface area contributed by atoms with Gasteiger partial charge in [-0.1, -0.05) is 104 Å². The van der Waals surface area contributed by atoms with Gasteiger partial charge in [0, 0.05) is 48.6 Å². The Morgan fingerprint density at radius 3 is 2.13 bits per heavy atom. The van der Waals surface area contributed by atoms with E-state index in [1.807, 2.05) is 97.1 Å². The molecule has 1 heterocycles. The number of aryl methyl sites for hydroxylation is 2. The third kappa shape index (κ3) is 7.95. The van der Waals surface area contributed by atoms with Crippen LogP contribution in [0.15, 0.2) is 90.8 Å². The Kier molecular flexibility index (Phi) is 11.6. The predicted molar refractivity (Wildman–Crippen MR) is 182 cm³/mol. The maximum absolute atomic E-state index is 14.7. The van der Waals surface area contributed by atoms with Gasteiger partial charge in [-0.15, -0.1) is 34.9 Å². The number of benzene rings is 4. The minimum atomic E-state index is -0.377. The number of nitrogens with zero attached hydrogens (tertiary/aromatic N) is 1. The number of carbonyl (C=O) groups is 1. The average Bonchev–Trinajstić information content (AvgIpc) is 3.01. The van der Waals surface area contributed by atoms with Crippen LogP contribution in [0, 0.1) is 36.6 Å². The minimum Gasteiger partial charge on any atom is -0.512 e. The van der Waals surface area contributed by atoms with E-state index in [0.717, 1.165) is 56.9 Å². The van der Waals surface area contributed by atoms with Crippen LogP contribution in [0.3, 0.4) is 0 Å². The van der Waals surface area contributed by atoms with Crippen LogP contribution in [0.1, 0.15) is 65.5 Å². The Morgan fingerprint density at radius 1 is 0.867 bits per heavy atom. The van der Waals surface area contributed by atoms with E-state index in [9.17, 15) is 14.3 Å². The van der Waals surface area contributed by atoms with Crippen LogP contribution in [0.5, 0.6) is 0 Å². The Bertz CT molecular complexity index is 1820. The molecule has 45 heavy (non-hydrogen) atoms. The molecule has 0 aliphatic rings. The van der Waals surface area contributed by atoms with E-state index in [1.165, 1.54) is 11.6 Å². The summed E-state index contributed by atoms with van der Waals surface area (Å²) in [4.78, 5) is 16.5. The van der Waals surface area contributed by atoms with Crippen molar-refractivity contribution < 1.29 is 34.4 Å². The van der Waals surface area contributed by atoms with Crippen LogP contribution in [0.4, 0.5) is 4.39 Å². The number of hydrogen-bond acceptors (Lipinski definition) is 3. The van der Waals surface area contributed by atoms with Gasteiger partial charge in [0.1, 0.15) is 11.6 Å². The number of carbonyl (C=O) groups excluding carboxylic acids is 1. The zero-order chi connectivity index (χ0) is 32.2. The van der Waals surface area contributed by atoms with Crippen LogP contribution in [-0.4, -0.2) is 15.9 Å². The first-order valence-electron chi connectivity index (χ1n) is 15.3. The number of halogens is 1. The predicted octanol–water partition coefficient (Wildman–Crippen LogP) is 11.1. The summed E-state index contributed by atoms with van der Waals surface area (Å²) in [6, 6.07) is 27.0. The first-order chi connectivity index (χ1) is 20.8. The van der Waals surface area contributed by atoms with E-state index in [1.54, 1.807) is 6.07 Å². The van der Waals surface area contributed by atoms with Crippen molar-refractivity contribution in [3.8, 4) is 22.4 Å². The monoisotopic (exact) mass is 781 g/mol.